The Kier molecular flexibility index (Phi) is 6.35. The van der Waals surface area contributed by atoms with Crippen molar-refractivity contribution in [3.63, 3.8) is 0 Å². The number of carboxylic acids is 1. The number of aromatic nitrogens is 3. The first-order valence-electron chi connectivity index (χ1n) is 14.4. The number of nitrogens with one attached hydrogen (secondary N) is 2. The molecule has 3 aromatic heterocycles. The van der Waals surface area contributed by atoms with Crippen LogP contribution in [0.4, 0.5) is 20.2 Å². The molecule has 3 N–H and O–H groups in total. The highest BCUT2D eigenvalue weighted by atomic mass is 19.2. The van der Waals surface area contributed by atoms with Crippen molar-refractivity contribution in [2.24, 2.45) is 5.92 Å². The topological polar surface area (TPSA) is 116 Å². The molecule has 2 fully saturated rings. The van der Waals surface area contributed by atoms with Crippen LogP contribution in [0.5, 0.6) is 0 Å². The summed E-state index contributed by atoms with van der Waals surface area (Å²) in [5, 5.41) is 12.9. The number of halogens is 2. The number of aromatic carboxylic acids is 1. The van der Waals surface area contributed by atoms with Crippen LogP contribution in [0, 0.1) is 17.6 Å². The molecule has 7 rings (SSSR count). The van der Waals surface area contributed by atoms with Crippen molar-refractivity contribution in [2.75, 3.05) is 55.9 Å². The minimum Gasteiger partial charge on any atom is -0.477 e. The molecule has 2 saturated heterocycles. The number of likely N-dealkylation sites (N-methyl/N-ethyl adjacent to an activating group) is 1. The Labute approximate surface area is 245 Å². The smallest absolute Gasteiger partial charge is 0.341 e. The highest BCUT2D eigenvalue weighted by Crippen LogP contribution is 2.52. The van der Waals surface area contributed by atoms with Crippen LogP contribution < -0.4 is 21.1 Å². The Morgan fingerprint density at radius 1 is 1.16 bits per heavy atom. The van der Waals surface area contributed by atoms with E-state index in [0.29, 0.717) is 52.5 Å². The predicted octanol–water partition coefficient (Wildman–Crippen LogP) is 3.75. The van der Waals surface area contributed by atoms with Gasteiger partial charge in [-0.05, 0) is 37.9 Å². The van der Waals surface area contributed by atoms with Gasteiger partial charge in [-0.2, -0.15) is 0 Å². The summed E-state index contributed by atoms with van der Waals surface area (Å²) in [6.45, 7) is 4.83. The van der Waals surface area contributed by atoms with Crippen LogP contribution >= 0.6 is 0 Å². The summed E-state index contributed by atoms with van der Waals surface area (Å²) in [5.41, 5.74) is 6.75. The molecule has 0 amide bonds. The number of carboxylic acid groups (broad SMARTS) is 1. The predicted molar refractivity (Wildman–Crippen MR) is 161 cm³/mol. The van der Waals surface area contributed by atoms with Crippen molar-refractivity contribution in [3.05, 3.63) is 69.4 Å². The van der Waals surface area contributed by atoms with E-state index in [2.05, 4.69) is 32.6 Å². The lowest BCUT2D eigenvalue weighted by molar-refractivity contribution is 0.0695. The Morgan fingerprint density at radius 2 is 1.98 bits per heavy atom. The molecule has 222 valence electrons. The second-order valence-electron chi connectivity index (χ2n) is 11.5. The van der Waals surface area contributed by atoms with Gasteiger partial charge in [-0.25, -0.2) is 23.2 Å². The summed E-state index contributed by atoms with van der Waals surface area (Å²) < 4.78 is 32.2. The first-order valence-corrected chi connectivity index (χ1v) is 14.4. The Morgan fingerprint density at radius 3 is 2.72 bits per heavy atom. The van der Waals surface area contributed by atoms with E-state index in [-0.39, 0.29) is 28.2 Å². The molecule has 0 spiro atoms. The number of benzene rings is 1. The third kappa shape index (κ3) is 4.07. The third-order valence-corrected chi connectivity index (χ3v) is 9.05. The molecule has 2 atom stereocenters. The number of likely N-dealkylation sites (tertiary alicyclic amines) is 1. The molecule has 4 aromatic rings. The van der Waals surface area contributed by atoms with Gasteiger partial charge in [-0.15, -0.1) is 0 Å². The van der Waals surface area contributed by atoms with Gasteiger partial charge in [0.25, 0.3) is 0 Å². The summed E-state index contributed by atoms with van der Waals surface area (Å²) in [6.07, 6.45) is 5.87. The summed E-state index contributed by atoms with van der Waals surface area (Å²) in [6, 6.07) is 2.97. The normalized spacial score (nSPS) is 19.0. The molecular formula is C31H31F2N7O3. The lowest BCUT2D eigenvalue weighted by Crippen LogP contribution is -2.35. The minimum absolute atomic E-state index is 0.125. The van der Waals surface area contributed by atoms with E-state index in [1.54, 1.807) is 25.5 Å². The fourth-order valence-corrected chi connectivity index (χ4v) is 7.20. The Balaban J connectivity index is 1.51. The molecule has 1 aromatic carbocycles. The van der Waals surface area contributed by atoms with E-state index in [9.17, 15) is 19.1 Å². The lowest BCUT2D eigenvalue weighted by atomic mass is 9.96. The van der Waals surface area contributed by atoms with E-state index in [1.165, 1.54) is 16.9 Å². The van der Waals surface area contributed by atoms with Gasteiger partial charge >= 0.3 is 5.97 Å². The maximum absolute atomic E-state index is 15.8. The molecule has 0 bridgehead atoms. The van der Waals surface area contributed by atoms with E-state index in [4.69, 9.17) is 4.98 Å². The van der Waals surface area contributed by atoms with Crippen molar-refractivity contribution in [3.8, 4) is 22.3 Å². The number of pyridine rings is 3. The van der Waals surface area contributed by atoms with Gasteiger partial charge in [-0.1, -0.05) is 0 Å². The van der Waals surface area contributed by atoms with Gasteiger partial charge in [0.05, 0.1) is 16.8 Å². The van der Waals surface area contributed by atoms with E-state index >= 15 is 4.39 Å². The molecule has 1 aliphatic carbocycles. The van der Waals surface area contributed by atoms with Crippen LogP contribution in [-0.4, -0.2) is 76.9 Å². The highest BCUT2D eigenvalue weighted by molar-refractivity contribution is 5.99. The molecule has 3 aliphatic rings. The number of hydrogen-bond donors (Lipinski definition) is 3. The monoisotopic (exact) mass is 587 g/mol. The van der Waals surface area contributed by atoms with Gasteiger partial charge in [0.15, 0.2) is 17.3 Å². The number of hydrogen-bond acceptors (Lipinski definition) is 8. The number of rotatable bonds is 6. The molecule has 2 aliphatic heterocycles. The van der Waals surface area contributed by atoms with Crippen molar-refractivity contribution in [1.29, 1.82) is 0 Å². The summed E-state index contributed by atoms with van der Waals surface area (Å²) >= 11 is 0. The molecule has 0 saturated carbocycles. The lowest BCUT2D eigenvalue weighted by Gasteiger charge is -2.31. The zero-order valence-electron chi connectivity index (χ0n) is 24.0. The SMILES string of the molecule is CCNn1cc(C(=O)O)c(=O)c2cc(-c3cnc4c(c3N3CC[C@H]5CN(C)CC53)-c3c(F)c(F)cc(NC)c3C4)cnc21. The Hall–Kier alpha value is -4.58. The van der Waals surface area contributed by atoms with Crippen molar-refractivity contribution < 1.29 is 18.7 Å². The average molecular weight is 588 g/mol. The second-order valence-corrected chi connectivity index (χ2v) is 11.5. The van der Waals surface area contributed by atoms with E-state index in [1.807, 2.05) is 6.92 Å². The van der Waals surface area contributed by atoms with Crippen molar-refractivity contribution in [1.82, 2.24) is 19.5 Å². The number of carbonyl (C=O) groups is 1. The number of nitrogens with zero attached hydrogens (tertiary/aromatic N) is 5. The van der Waals surface area contributed by atoms with Gasteiger partial charge < -0.3 is 25.6 Å². The van der Waals surface area contributed by atoms with Crippen LogP contribution in [0.15, 0.2) is 35.5 Å². The summed E-state index contributed by atoms with van der Waals surface area (Å²) in [5.74, 6) is -2.77. The van der Waals surface area contributed by atoms with Crippen LogP contribution in [0.25, 0.3) is 33.3 Å². The second kappa shape index (κ2) is 10.0. The average Bonchev–Trinajstić information content (AvgIpc) is 3.68. The molecule has 10 nitrogen and oxygen atoms in total. The molecule has 1 unspecified atom stereocenters. The largest absolute Gasteiger partial charge is 0.477 e. The maximum atomic E-state index is 15.8. The van der Waals surface area contributed by atoms with Crippen LogP contribution in [0.2, 0.25) is 0 Å². The zero-order chi connectivity index (χ0) is 30.2. The maximum Gasteiger partial charge on any atom is 0.341 e. The molecule has 0 radical (unpaired) electrons. The molecule has 12 heteroatoms. The summed E-state index contributed by atoms with van der Waals surface area (Å²) in [7, 11) is 3.77. The van der Waals surface area contributed by atoms with Gasteiger partial charge in [-0.3, -0.25) is 9.78 Å². The van der Waals surface area contributed by atoms with E-state index in [0.717, 1.165) is 31.7 Å². The highest BCUT2D eigenvalue weighted by Gasteiger charge is 2.43. The third-order valence-electron chi connectivity index (χ3n) is 9.05. The van der Waals surface area contributed by atoms with Gasteiger partial charge in [0.1, 0.15) is 5.56 Å². The van der Waals surface area contributed by atoms with Crippen molar-refractivity contribution in [2.45, 2.75) is 25.8 Å². The van der Waals surface area contributed by atoms with E-state index < -0.39 is 23.0 Å². The van der Waals surface area contributed by atoms with Crippen LogP contribution in [0.1, 0.15) is 35.0 Å². The summed E-state index contributed by atoms with van der Waals surface area (Å²) in [4.78, 5) is 39.2. The molecule has 43 heavy (non-hydrogen) atoms. The Bertz CT molecular complexity index is 1890. The standard InChI is InChI=1S/C31H31F2N7O3/c1-4-37-40-13-20(31(42)43)29(41)18-7-16(10-36-30(18)40)19-11-35-23-8-17-22(34-2)9-21(32)27(33)25(17)26(23)28(19)39-6-5-15-12-38(3)14-24(15)39/h7,9-11,13,15,24,34,37H,4-6,8,12,14H2,1-3H3,(H,42,43)/t15-,24?/m0/s1. The fourth-order valence-electron chi connectivity index (χ4n) is 7.20. The minimum atomic E-state index is -1.34. The number of anilines is 2. The molecular weight excluding hydrogens is 556 g/mol. The number of fused-ring (bicyclic) bond motifs is 5. The van der Waals surface area contributed by atoms with Crippen LogP contribution in [0.3, 0.4) is 0 Å². The van der Waals surface area contributed by atoms with Gasteiger partial charge in [0, 0.05) is 98.3 Å². The molecule has 5 heterocycles. The quantitative estimate of drug-likeness (QED) is 0.273. The van der Waals surface area contributed by atoms with Gasteiger partial charge in [0.2, 0.25) is 5.43 Å². The van der Waals surface area contributed by atoms with Crippen LogP contribution in [-0.2, 0) is 6.42 Å². The zero-order valence-corrected chi connectivity index (χ0v) is 24.0. The fraction of sp³-hybridized carbons (Fsp3) is 0.355. The first-order chi connectivity index (χ1) is 20.7. The first kappa shape index (κ1) is 27.3. The van der Waals surface area contributed by atoms with Crippen molar-refractivity contribution >= 4 is 28.4 Å².